The summed E-state index contributed by atoms with van der Waals surface area (Å²) in [6.07, 6.45) is 0. The first-order chi connectivity index (χ1) is 15.0. The van der Waals surface area contributed by atoms with E-state index in [1.54, 1.807) is 56.6 Å². The number of para-hydroxylation sites is 1. The number of methoxy groups -OCH3 is 1. The summed E-state index contributed by atoms with van der Waals surface area (Å²) in [4.78, 5) is 26.7. The Bertz CT molecular complexity index is 1050. The smallest absolute Gasteiger partial charge is 0.257 e. The molecule has 3 aromatic carbocycles. The third-order valence-electron chi connectivity index (χ3n) is 4.50. The lowest BCUT2D eigenvalue weighted by atomic mass is 10.1. The number of hydrogen-bond acceptors (Lipinski definition) is 4. The molecule has 6 nitrogen and oxygen atoms in total. The van der Waals surface area contributed by atoms with Crippen LogP contribution in [-0.4, -0.2) is 37.4 Å². The van der Waals surface area contributed by atoms with Crippen molar-refractivity contribution in [2.45, 2.75) is 6.61 Å². The van der Waals surface area contributed by atoms with Gasteiger partial charge in [-0.15, -0.1) is 0 Å². The molecule has 3 rings (SSSR count). The highest BCUT2D eigenvalue weighted by atomic mass is 79.9. The Morgan fingerprint density at radius 1 is 1.00 bits per heavy atom. The van der Waals surface area contributed by atoms with Crippen LogP contribution >= 0.6 is 15.9 Å². The molecular formula is C24H23BrN2O4. The number of likely N-dealkylation sites (N-methyl/N-ethyl adjacent to an activating group) is 1. The van der Waals surface area contributed by atoms with Gasteiger partial charge in [0.1, 0.15) is 18.1 Å². The monoisotopic (exact) mass is 482 g/mol. The number of ether oxygens (including phenoxy) is 2. The van der Waals surface area contributed by atoms with Gasteiger partial charge in [0.2, 0.25) is 5.91 Å². The molecule has 7 heteroatoms. The zero-order valence-corrected chi connectivity index (χ0v) is 18.9. The SMILES string of the molecule is COc1ccc(NC(=O)CN(C)C(=O)c2ccccc2OCc2cccc(Br)c2)cc1. The van der Waals surface area contributed by atoms with E-state index in [0.717, 1.165) is 10.0 Å². The van der Waals surface area contributed by atoms with Crippen molar-refractivity contribution in [1.29, 1.82) is 0 Å². The van der Waals surface area contributed by atoms with Crippen LogP contribution in [0.1, 0.15) is 15.9 Å². The van der Waals surface area contributed by atoms with E-state index in [1.165, 1.54) is 4.90 Å². The average molecular weight is 483 g/mol. The number of nitrogens with zero attached hydrogens (tertiary/aromatic N) is 1. The summed E-state index contributed by atoms with van der Waals surface area (Å²) < 4.78 is 12.0. The van der Waals surface area contributed by atoms with Crippen molar-refractivity contribution in [1.82, 2.24) is 4.90 Å². The van der Waals surface area contributed by atoms with Gasteiger partial charge in [-0.05, 0) is 54.1 Å². The van der Waals surface area contributed by atoms with Crippen LogP contribution in [0.25, 0.3) is 0 Å². The van der Waals surface area contributed by atoms with E-state index in [0.29, 0.717) is 29.4 Å². The number of nitrogens with one attached hydrogen (secondary N) is 1. The molecule has 0 radical (unpaired) electrons. The van der Waals surface area contributed by atoms with E-state index in [2.05, 4.69) is 21.2 Å². The first-order valence-corrected chi connectivity index (χ1v) is 10.4. The number of carbonyl (C=O) groups excluding carboxylic acids is 2. The Morgan fingerprint density at radius 2 is 1.74 bits per heavy atom. The fourth-order valence-corrected chi connectivity index (χ4v) is 3.37. The van der Waals surface area contributed by atoms with Crippen molar-refractivity contribution in [3.63, 3.8) is 0 Å². The molecule has 0 unspecified atom stereocenters. The molecule has 160 valence electrons. The average Bonchev–Trinajstić information content (AvgIpc) is 2.78. The topological polar surface area (TPSA) is 67.9 Å². The zero-order chi connectivity index (χ0) is 22.2. The van der Waals surface area contributed by atoms with E-state index in [4.69, 9.17) is 9.47 Å². The van der Waals surface area contributed by atoms with Gasteiger partial charge >= 0.3 is 0 Å². The maximum Gasteiger partial charge on any atom is 0.257 e. The second kappa shape index (κ2) is 10.6. The molecule has 2 amide bonds. The molecule has 0 aromatic heterocycles. The minimum Gasteiger partial charge on any atom is -0.497 e. The lowest BCUT2D eigenvalue weighted by Crippen LogP contribution is -2.35. The predicted octanol–water partition coefficient (Wildman–Crippen LogP) is 4.75. The van der Waals surface area contributed by atoms with Crippen LogP contribution < -0.4 is 14.8 Å². The summed E-state index contributed by atoms with van der Waals surface area (Å²) >= 11 is 3.44. The van der Waals surface area contributed by atoms with Gasteiger partial charge in [0, 0.05) is 17.2 Å². The predicted molar refractivity (Wildman–Crippen MR) is 124 cm³/mol. The number of benzene rings is 3. The quantitative estimate of drug-likeness (QED) is 0.503. The highest BCUT2D eigenvalue weighted by molar-refractivity contribution is 9.10. The van der Waals surface area contributed by atoms with Crippen molar-refractivity contribution >= 4 is 33.4 Å². The lowest BCUT2D eigenvalue weighted by Gasteiger charge is -2.19. The molecule has 0 aliphatic heterocycles. The summed E-state index contributed by atoms with van der Waals surface area (Å²) in [7, 11) is 3.16. The molecule has 3 aromatic rings. The zero-order valence-electron chi connectivity index (χ0n) is 17.3. The minimum atomic E-state index is -0.298. The number of amides is 2. The molecule has 0 atom stereocenters. The van der Waals surface area contributed by atoms with Crippen LogP contribution in [0, 0.1) is 0 Å². The van der Waals surface area contributed by atoms with Gasteiger partial charge in [-0.25, -0.2) is 0 Å². The van der Waals surface area contributed by atoms with Crippen LogP contribution in [-0.2, 0) is 11.4 Å². The Balaban J connectivity index is 1.62. The van der Waals surface area contributed by atoms with Crippen LogP contribution in [0.5, 0.6) is 11.5 Å². The van der Waals surface area contributed by atoms with E-state index in [9.17, 15) is 9.59 Å². The fourth-order valence-electron chi connectivity index (χ4n) is 2.92. The van der Waals surface area contributed by atoms with Crippen LogP contribution in [0.15, 0.2) is 77.3 Å². The molecule has 0 bridgehead atoms. The summed E-state index contributed by atoms with van der Waals surface area (Å²) in [6, 6.07) is 21.8. The van der Waals surface area contributed by atoms with Crippen molar-refractivity contribution in [3.05, 3.63) is 88.4 Å². The van der Waals surface area contributed by atoms with Gasteiger partial charge in [0.05, 0.1) is 19.2 Å². The van der Waals surface area contributed by atoms with Crippen LogP contribution in [0.4, 0.5) is 5.69 Å². The Hall–Kier alpha value is -3.32. The number of hydrogen-bond donors (Lipinski definition) is 1. The minimum absolute atomic E-state index is 0.0924. The van der Waals surface area contributed by atoms with Gasteiger partial charge in [-0.2, -0.15) is 0 Å². The normalized spacial score (nSPS) is 10.3. The van der Waals surface area contributed by atoms with E-state index >= 15 is 0 Å². The molecular weight excluding hydrogens is 460 g/mol. The van der Waals surface area contributed by atoms with Gasteiger partial charge in [0.15, 0.2) is 0 Å². The number of anilines is 1. The molecule has 0 aliphatic rings. The summed E-state index contributed by atoms with van der Waals surface area (Å²) in [5.41, 5.74) is 2.01. The first-order valence-electron chi connectivity index (χ1n) is 9.62. The molecule has 0 saturated heterocycles. The van der Waals surface area contributed by atoms with Gasteiger partial charge in [-0.3, -0.25) is 9.59 Å². The Kier molecular flexibility index (Phi) is 7.67. The molecule has 0 spiro atoms. The molecule has 0 heterocycles. The highest BCUT2D eigenvalue weighted by Crippen LogP contribution is 2.22. The Morgan fingerprint density at radius 3 is 2.45 bits per heavy atom. The second-order valence-electron chi connectivity index (χ2n) is 6.85. The highest BCUT2D eigenvalue weighted by Gasteiger charge is 2.19. The van der Waals surface area contributed by atoms with Crippen LogP contribution in [0.2, 0.25) is 0 Å². The van der Waals surface area contributed by atoms with Gasteiger partial charge in [-0.1, -0.05) is 40.2 Å². The van der Waals surface area contributed by atoms with Gasteiger partial charge in [0.25, 0.3) is 5.91 Å². The third-order valence-corrected chi connectivity index (χ3v) is 5.00. The summed E-state index contributed by atoms with van der Waals surface area (Å²) in [5, 5.41) is 2.77. The van der Waals surface area contributed by atoms with E-state index in [1.807, 2.05) is 30.3 Å². The van der Waals surface area contributed by atoms with E-state index < -0.39 is 0 Å². The van der Waals surface area contributed by atoms with Crippen molar-refractivity contribution in [2.24, 2.45) is 0 Å². The van der Waals surface area contributed by atoms with Gasteiger partial charge < -0.3 is 19.7 Å². The lowest BCUT2D eigenvalue weighted by molar-refractivity contribution is -0.116. The molecule has 0 fully saturated rings. The number of halogens is 1. The first kappa shape index (κ1) is 22.4. The van der Waals surface area contributed by atoms with E-state index in [-0.39, 0.29) is 18.4 Å². The fraction of sp³-hybridized carbons (Fsp3) is 0.167. The molecule has 1 N–H and O–H groups in total. The Labute approximate surface area is 189 Å². The van der Waals surface area contributed by atoms with Crippen LogP contribution in [0.3, 0.4) is 0 Å². The third kappa shape index (κ3) is 6.33. The largest absolute Gasteiger partial charge is 0.497 e. The number of carbonyl (C=O) groups is 2. The maximum absolute atomic E-state index is 12.9. The summed E-state index contributed by atoms with van der Waals surface area (Å²) in [5.74, 6) is 0.572. The van der Waals surface area contributed by atoms with Crippen molar-refractivity contribution < 1.29 is 19.1 Å². The molecule has 0 aliphatic carbocycles. The number of rotatable bonds is 8. The second-order valence-corrected chi connectivity index (χ2v) is 7.77. The maximum atomic E-state index is 12.9. The molecule has 31 heavy (non-hydrogen) atoms. The molecule has 0 saturated carbocycles. The summed E-state index contributed by atoms with van der Waals surface area (Å²) in [6.45, 7) is 0.232. The van der Waals surface area contributed by atoms with Crippen molar-refractivity contribution in [2.75, 3.05) is 26.0 Å². The standard InChI is InChI=1S/C24H23BrN2O4/c1-27(15-23(28)26-19-10-12-20(30-2)13-11-19)24(29)21-8-3-4-9-22(21)31-16-17-6-5-7-18(25)14-17/h3-14H,15-16H2,1-2H3,(H,26,28). The van der Waals surface area contributed by atoms with Crippen molar-refractivity contribution in [3.8, 4) is 11.5 Å².